The molecule has 136 valence electrons. The van der Waals surface area contributed by atoms with Gasteiger partial charge in [0.15, 0.2) is 0 Å². The lowest BCUT2D eigenvalue weighted by atomic mass is 9.63. The number of rotatable bonds is 3. The van der Waals surface area contributed by atoms with Crippen LogP contribution in [0.4, 0.5) is 0 Å². The molecule has 2 heteroatoms. The molecule has 3 saturated heterocycles. The fourth-order valence-electron chi connectivity index (χ4n) is 6.06. The summed E-state index contributed by atoms with van der Waals surface area (Å²) in [7, 11) is 0. The molecule has 1 saturated carbocycles. The third-order valence-corrected chi connectivity index (χ3v) is 7.27. The van der Waals surface area contributed by atoms with E-state index in [1.54, 1.807) is 0 Å². The summed E-state index contributed by atoms with van der Waals surface area (Å²) in [5.74, 6) is 1.22. The van der Waals surface area contributed by atoms with Crippen molar-refractivity contribution in [3.63, 3.8) is 0 Å². The fourth-order valence-corrected chi connectivity index (χ4v) is 6.06. The van der Waals surface area contributed by atoms with Crippen LogP contribution in [-0.4, -0.2) is 36.1 Å². The molecule has 0 radical (unpaired) electrons. The highest BCUT2D eigenvalue weighted by Crippen LogP contribution is 2.52. The lowest BCUT2D eigenvalue weighted by Gasteiger charge is -2.51. The lowest BCUT2D eigenvalue weighted by Crippen LogP contribution is -2.53. The van der Waals surface area contributed by atoms with Crippen LogP contribution in [0.2, 0.25) is 0 Å². The van der Waals surface area contributed by atoms with Gasteiger partial charge in [-0.2, -0.15) is 0 Å². The van der Waals surface area contributed by atoms with Crippen LogP contribution >= 0.6 is 0 Å². The van der Waals surface area contributed by atoms with E-state index in [0.29, 0.717) is 23.4 Å². The molecule has 2 nitrogen and oxygen atoms in total. The zero-order chi connectivity index (χ0) is 17.4. The molecule has 2 aromatic rings. The van der Waals surface area contributed by atoms with Crippen LogP contribution in [0.5, 0.6) is 0 Å². The Morgan fingerprint density at radius 3 is 1.85 bits per heavy atom. The molecule has 2 bridgehead atoms. The molecule has 4 atom stereocenters. The van der Waals surface area contributed by atoms with E-state index in [4.69, 9.17) is 0 Å². The van der Waals surface area contributed by atoms with Gasteiger partial charge in [0.05, 0.1) is 0 Å². The molecule has 0 amide bonds. The summed E-state index contributed by atoms with van der Waals surface area (Å²) in [4.78, 5) is 2.86. The van der Waals surface area contributed by atoms with Gasteiger partial charge in [-0.3, -0.25) is 4.90 Å². The summed E-state index contributed by atoms with van der Waals surface area (Å²) in [6.07, 6.45) is 6.70. The average Bonchev–Trinajstić information content (AvgIpc) is 3.12. The first-order valence-electron chi connectivity index (χ1n) is 10.4. The number of benzene rings is 2. The number of hydrogen-bond acceptors (Lipinski definition) is 2. The van der Waals surface area contributed by atoms with Gasteiger partial charge in [-0.25, -0.2) is 0 Å². The Hall–Kier alpha value is -1.64. The van der Waals surface area contributed by atoms with Crippen LogP contribution in [0.15, 0.2) is 60.7 Å². The number of hydrogen-bond donors (Lipinski definition) is 1. The molecule has 1 N–H and O–H groups in total. The Balaban J connectivity index is 1.58. The van der Waals surface area contributed by atoms with Gasteiger partial charge in [-0.05, 0) is 62.9 Å². The molecule has 2 aromatic carbocycles. The summed E-state index contributed by atoms with van der Waals surface area (Å²) in [5, 5.41) is 3.99. The van der Waals surface area contributed by atoms with E-state index in [1.165, 1.54) is 56.3 Å². The minimum atomic E-state index is 0.373. The molecule has 6 rings (SSSR count). The highest BCUT2D eigenvalue weighted by molar-refractivity contribution is 5.32. The maximum absolute atomic E-state index is 3.99. The van der Waals surface area contributed by atoms with Crippen molar-refractivity contribution in [3.05, 3.63) is 71.8 Å². The van der Waals surface area contributed by atoms with Crippen molar-refractivity contribution in [1.82, 2.24) is 10.2 Å². The molecule has 3 heterocycles. The predicted octanol–water partition coefficient (Wildman–Crippen LogP) is 4.54. The first-order chi connectivity index (χ1) is 12.9. The van der Waals surface area contributed by atoms with E-state index in [9.17, 15) is 0 Å². The highest BCUT2D eigenvalue weighted by atomic mass is 15.2. The molecule has 2 unspecified atom stereocenters. The molecule has 4 aliphatic rings. The van der Waals surface area contributed by atoms with Gasteiger partial charge in [0.1, 0.15) is 0 Å². The lowest BCUT2D eigenvalue weighted by molar-refractivity contribution is 0.0552. The first kappa shape index (κ1) is 16.5. The largest absolute Gasteiger partial charge is 0.313 e. The Bertz CT molecular complexity index is 671. The molecule has 26 heavy (non-hydrogen) atoms. The van der Waals surface area contributed by atoms with Gasteiger partial charge in [0.25, 0.3) is 0 Å². The summed E-state index contributed by atoms with van der Waals surface area (Å²) in [6, 6.07) is 23.1. The minimum absolute atomic E-state index is 0.373. The summed E-state index contributed by atoms with van der Waals surface area (Å²) >= 11 is 0. The molecular weight excluding hydrogens is 316 g/mol. The second-order valence-electron chi connectivity index (χ2n) is 8.59. The highest BCUT2D eigenvalue weighted by Gasteiger charge is 2.51. The molecule has 0 spiro atoms. The maximum Gasteiger partial charge on any atom is 0.0234 e. The summed E-state index contributed by atoms with van der Waals surface area (Å²) in [5.41, 5.74) is 3.42. The average molecular weight is 347 g/mol. The van der Waals surface area contributed by atoms with Crippen molar-refractivity contribution in [2.24, 2.45) is 0 Å². The third kappa shape index (κ3) is 2.80. The van der Waals surface area contributed by atoms with Crippen molar-refractivity contribution < 1.29 is 0 Å². The zero-order valence-electron chi connectivity index (χ0n) is 15.6. The van der Waals surface area contributed by atoms with Crippen LogP contribution in [0.3, 0.4) is 0 Å². The Labute approximate surface area is 157 Å². The van der Waals surface area contributed by atoms with E-state index in [-0.39, 0.29) is 0 Å². The SMILES string of the molecule is c1ccc([C@H]2CC3(N4CCCC4)CCNC2[C@H](c2ccccc2)C3)cc1. The zero-order valence-corrected chi connectivity index (χ0v) is 15.6. The second kappa shape index (κ2) is 6.83. The third-order valence-electron chi connectivity index (χ3n) is 7.27. The standard InChI is InChI=1S/C24H30N2/c1-3-9-19(10-4-1)21-17-24(26-15-7-8-16-26)13-14-25-23(21)22(18-24)20-11-5-2-6-12-20/h1-6,9-12,21-23,25H,7-8,13-18H2/t21-,22+,23?,24?. The van der Waals surface area contributed by atoms with Gasteiger partial charge in [0, 0.05) is 23.4 Å². The normalized spacial score (nSPS) is 34.7. The smallest absolute Gasteiger partial charge is 0.0234 e. The van der Waals surface area contributed by atoms with Gasteiger partial charge >= 0.3 is 0 Å². The number of fused-ring (bicyclic) bond motifs is 4. The van der Waals surface area contributed by atoms with E-state index >= 15 is 0 Å². The number of likely N-dealkylation sites (tertiary alicyclic amines) is 1. The van der Waals surface area contributed by atoms with E-state index < -0.39 is 0 Å². The molecular formula is C24H30N2. The van der Waals surface area contributed by atoms with Crippen molar-refractivity contribution in [2.45, 2.75) is 55.5 Å². The fraction of sp³-hybridized carbons (Fsp3) is 0.500. The van der Waals surface area contributed by atoms with Gasteiger partial charge < -0.3 is 5.32 Å². The van der Waals surface area contributed by atoms with Gasteiger partial charge in [-0.15, -0.1) is 0 Å². The topological polar surface area (TPSA) is 15.3 Å². The summed E-state index contributed by atoms with van der Waals surface area (Å²) < 4.78 is 0. The van der Waals surface area contributed by atoms with Crippen LogP contribution in [-0.2, 0) is 0 Å². The second-order valence-corrected chi connectivity index (χ2v) is 8.59. The quantitative estimate of drug-likeness (QED) is 0.877. The Kier molecular flexibility index (Phi) is 4.34. The number of nitrogens with zero attached hydrogens (tertiary/aromatic N) is 1. The van der Waals surface area contributed by atoms with E-state index in [2.05, 4.69) is 70.9 Å². The van der Waals surface area contributed by atoms with E-state index in [1.807, 2.05) is 0 Å². The molecule has 3 aliphatic heterocycles. The Morgan fingerprint density at radius 2 is 1.31 bits per heavy atom. The van der Waals surface area contributed by atoms with Crippen molar-refractivity contribution in [2.75, 3.05) is 19.6 Å². The molecule has 4 fully saturated rings. The van der Waals surface area contributed by atoms with Crippen LogP contribution in [0.25, 0.3) is 0 Å². The minimum Gasteiger partial charge on any atom is -0.313 e. The Morgan fingerprint density at radius 1 is 0.769 bits per heavy atom. The first-order valence-corrected chi connectivity index (χ1v) is 10.4. The maximum atomic E-state index is 3.99. The monoisotopic (exact) mass is 346 g/mol. The van der Waals surface area contributed by atoms with Gasteiger partial charge in [0.2, 0.25) is 0 Å². The summed E-state index contributed by atoms with van der Waals surface area (Å²) in [6.45, 7) is 3.76. The molecule has 1 aliphatic carbocycles. The van der Waals surface area contributed by atoms with Crippen LogP contribution < -0.4 is 5.32 Å². The predicted molar refractivity (Wildman–Crippen MR) is 108 cm³/mol. The molecule has 0 aromatic heterocycles. The van der Waals surface area contributed by atoms with Crippen LogP contribution in [0, 0.1) is 0 Å². The van der Waals surface area contributed by atoms with Gasteiger partial charge in [-0.1, -0.05) is 60.7 Å². The van der Waals surface area contributed by atoms with Crippen molar-refractivity contribution in [1.29, 1.82) is 0 Å². The number of nitrogens with one attached hydrogen (secondary N) is 1. The van der Waals surface area contributed by atoms with Crippen LogP contribution in [0.1, 0.15) is 55.1 Å². The van der Waals surface area contributed by atoms with Crippen molar-refractivity contribution >= 4 is 0 Å². The van der Waals surface area contributed by atoms with Crippen molar-refractivity contribution in [3.8, 4) is 0 Å². The van der Waals surface area contributed by atoms with E-state index in [0.717, 1.165) is 6.54 Å².